The maximum absolute atomic E-state index is 13.3. The molecule has 1 aliphatic heterocycles. The molecule has 1 N–H and O–H groups in total. The summed E-state index contributed by atoms with van der Waals surface area (Å²) in [6.45, 7) is 2.14. The standard InChI is InChI=1S/C23H21F3N4O2/c1-15-12-16-7-10-30(20(16)13-19(15)23(24,25)26)22(31)29-18-5-6-21(28-14-18)32-11-8-17-4-2-3-9-27-17/h2-6,9,12-14H,7-8,10-11H2,1H3,(H,29,31). The van der Waals surface area contributed by atoms with Crippen LogP contribution in [0.4, 0.5) is 29.3 Å². The molecule has 3 heterocycles. The number of pyridine rings is 2. The largest absolute Gasteiger partial charge is 0.477 e. The minimum absolute atomic E-state index is 0.154. The number of aromatic nitrogens is 2. The summed E-state index contributed by atoms with van der Waals surface area (Å²) in [4.78, 5) is 22.4. The fourth-order valence-electron chi connectivity index (χ4n) is 3.61. The van der Waals surface area contributed by atoms with Crippen molar-refractivity contribution in [1.29, 1.82) is 0 Å². The van der Waals surface area contributed by atoms with Crippen molar-refractivity contribution in [3.05, 3.63) is 77.2 Å². The van der Waals surface area contributed by atoms with Crippen LogP contribution in [0.25, 0.3) is 0 Å². The Labute approximate surface area is 183 Å². The molecule has 166 valence electrons. The predicted molar refractivity (Wildman–Crippen MR) is 114 cm³/mol. The molecule has 0 saturated carbocycles. The number of hydrogen-bond donors (Lipinski definition) is 1. The van der Waals surface area contributed by atoms with Crippen LogP contribution in [0.1, 0.15) is 22.4 Å². The molecular formula is C23H21F3N4O2. The second kappa shape index (κ2) is 8.86. The average Bonchev–Trinajstić information content (AvgIpc) is 3.17. The topological polar surface area (TPSA) is 67.4 Å². The van der Waals surface area contributed by atoms with Gasteiger partial charge < -0.3 is 10.1 Å². The number of hydrogen-bond acceptors (Lipinski definition) is 4. The fourth-order valence-corrected chi connectivity index (χ4v) is 3.61. The molecule has 0 unspecified atom stereocenters. The molecule has 1 aromatic carbocycles. The van der Waals surface area contributed by atoms with Gasteiger partial charge in [0.05, 0.1) is 24.1 Å². The lowest BCUT2D eigenvalue weighted by Gasteiger charge is -2.20. The minimum Gasteiger partial charge on any atom is -0.477 e. The van der Waals surface area contributed by atoms with Gasteiger partial charge in [-0.3, -0.25) is 9.88 Å². The Morgan fingerprint density at radius 3 is 2.72 bits per heavy atom. The molecule has 6 nitrogen and oxygen atoms in total. The third kappa shape index (κ3) is 4.82. The van der Waals surface area contributed by atoms with Crippen LogP contribution in [0.15, 0.2) is 54.9 Å². The van der Waals surface area contributed by atoms with Crippen LogP contribution in [0.2, 0.25) is 0 Å². The minimum atomic E-state index is -4.47. The maximum atomic E-state index is 13.3. The van der Waals surface area contributed by atoms with Crippen LogP contribution in [0.3, 0.4) is 0 Å². The molecule has 0 spiro atoms. The first-order valence-electron chi connectivity index (χ1n) is 10.1. The number of ether oxygens (including phenoxy) is 1. The summed E-state index contributed by atoms with van der Waals surface area (Å²) in [7, 11) is 0. The summed E-state index contributed by atoms with van der Waals surface area (Å²) in [5, 5.41) is 2.68. The first kappa shape index (κ1) is 21.6. The SMILES string of the molecule is Cc1cc2c(cc1C(F)(F)F)N(C(=O)Nc1ccc(OCCc3ccccn3)nc1)CC2. The van der Waals surface area contributed by atoms with Crippen molar-refractivity contribution < 1.29 is 22.7 Å². The molecule has 0 radical (unpaired) electrons. The molecule has 0 bridgehead atoms. The van der Waals surface area contributed by atoms with Crippen LogP contribution < -0.4 is 15.0 Å². The summed E-state index contributed by atoms with van der Waals surface area (Å²) in [6, 6.07) is 11.0. The third-order valence-corrected chi connectivity index (χ3v) is 5.19. The number of urea groups is 1. The van der Waals surface area contributed by atoms with E-state index in [4.69, 9.17) is 4.74 Å². The molecule has 0 fully saturated rings. The Balaban J connectivity index is 1.38. The molecular weight excluding hydrogens is 421 g/mol. The summed E-state index contributed by atoms with van der Waals surface area (Å²) >= 11 is 0. The van der Waals surface area contributed by atoms with Gasteiger partial charge in [-0.1, -0.05) is 12.1 Å². The number of benzene rings is 1. The van der Waals surface area contributed by atoms with Crippen LogP contribution in [0, 0.1) is 6.92 Å². The number of nitrogens with zero attached hydrogens (tertiary/aromatic N) is 3. The Morgan fingerprint density at radius 1 is 1.19 bits per heavy atom. The van der Waals surface area contributed by atoms with Crippen LogP contribution in [-0.2, 0) is 19.0 Å². The van der Waals surface area contributed by atoms with Crippen molar-refractivity contribution in [2.24, 2.45) is 0 Å². The zero-order valence-electron chi connectivity index (χ0n) is 17.3. The molecule has 4 rings (SSSR count). The highest BCUT2D eigenvalue weighted by atomic mass is 19.4. The highest BCUT2D eigenvalue weighted by Crippen LogP contribution is 2.38. The van der Waals surface area contributed by atoms with E-state index in [9.17, 15) is 18.0 Å². The maximum Gasteiger partial charge on any atom is 0.416 e. The Kier molecular flexibility index (Phi) is 5.98. The summed E-state index contributed by atoms with van der Waals surface area (Å²) in [5.41, 5.74) is 1.75. The number of fused-ring (bicyclic) bond motifs is 1. The van der Waals surface area contributed by atoms with Crippen LogP contribution in [0.5, 0.6) is 5.88 Å². The molecule has 0 saturated heterocycles. The van der Waals surface area contributed by atoms with E-state index in [1.165, 1.54) is 24.1 Å². The average molecular weight is 442 g/mol. The summed E-state index contributed by atoms with van der Waals surface area (Å²) < 4.78 is 45.4. The number of rotatable bonds is 5. The van der Waals surface area contributed by atoms with Crippen LogP contribution >= 0.6 is 0 Å². The molecule has 2 amide bonds. The predicted octanol–water partition coefficient (Wildman–Crippen LogP) is 5.02. The van der Waals surface area contributed by atoms with Gasteiger partial charge in [-0.15, -0.1) is 0 Å². The molecule has 0 atom stereocenters. The highest BCUT2D eigenvalue weighted by Gasteiger charge is 2.35. The smallest absolute Gasteiger partial charge is 0.416 e. The van der Waals surface area contributed by atoms with E-state index in [0.717, 1.165) is 17.3 Å². The Morgan fingerprint density at radius 2 is 2.03 bits per heavy atom. The van der Waals surface area contributed by atoms with E-state index in [0.29, 0.717) is 37.6 Å². The molecule has 0 aliphatic carbocycles. The lowest BCUT2D eigenvalue weighted by atomic mass is 10.0. The van der Waals surface area contributed by atoms with E-state index in [2.05, 4.69) is 15.3 Å². The zero-order chi connectivity index (χ0) is 22.7. The van der Waals surface area contributed by atoms with Crippen molar-refractivity contribution in [3.8, 4) is 5.88 Å². The van der Waals surface area contributed by atoms with Crippen molar-refractivity contribution in [2.45, 2.75) is 25.9 Å². The van der Waals surface area contributed by atoms with Gasteiger partial charge in [0.25, 0.3) is 0 Å². The number of aryl methyl sites for hydroxylation is 1. The van der Waals surface area contributed by atoms with Gasteiger partial charge in [0.15, 0.2) is 0 Å². The van der Waals surface area contributed by atoms with E-state index < -0.39 is 17.8 Å². The van der Waals surface area contributed by atoms with Crippen molar-refractivity contribution in [1.82, 2.24) is 9.97 Å². The van der Waals surface area contributed by atoms with Crippen molar-refractivity contribution in [2.75, 3.05) is 23.4 Å². The fraction of sp³-hybridized carbons (Fsp3) is 0.261. The Hall–Kier alpha value is -3.62. The van der Waals surface area contributed by atoms with Gasteiger partial charge >= 0.3 is 12.2 Å². The number of carbonyl (C=O) groups is 1. The molecule has 32 heavy (non-hydrogen) atoms. The van der Waals surface area contributed by atoms with Gasteiger partial charge in [-0.05, 0) is 48.7 Å². The number of amides is 2. The van der Waals surface area contributed by atoms with Crippen LogP contribution in [-0.4, -0.2) is 29.2 Å². The number of anilines is 2. The van der Waals surface area contributed by atoms with Gasteiger partial charge in [-0.25, -0.2) is 9.78 Å². The quantitative estimate of drug-likeness (QED) is 0.603. The first-order chi connectivity index (χ1) is 15.3. The van der Waals surface area contributed by atoms with E-state index in [1.807, 2.05) is 18.2 Å². The summed E-state index contributed by atoms with van der Waals surface area (Å²) in [5.74, 6) is 0.399. The normalized spacial score (nSPS) is 13.1. The molecule has 9 heteroatoms. The molecule has 2 aromatic heterocycles. The molecule has 3 aromatic rings. The zero-order valence-corrected chi connectivity index (χ0v) is 17.3. The number of carbonyl (C=O) groups excluding carboxylic acids is 1. The second-order valence-electron chi connectivity index (χ2n) is 7.43. The lowest BCUT2D eigenvalue weighted by molar-refractivity contribution is -0.138. The van der Waals surface area contributed by atoms with Crippen molar-refractivity contribution in [3.63, 3.8) is 0 Å². The highest BCUT2D eigenvalue weighted by molar-refractivity contribution is 6.03. The van der Waals surface area contributed by atoms with E-state index in [-0.39, 0.29) is 11.3 Å². The summed E-state index contributed by atoms with van der Waals surface area (Å²) in [6.07, 6.45) is -0.172. The number of alkyl halides is 3. The van der Waals surface area contributed by atoms with Gasteiger partial charge in [-0.2, -0.15) is 13.2 Å². The number of nitrogens with one attached hydrogen (secondary N) is 1. The van der Waals surface area contributed by atoms with E-state index >= 15 is 0 Å². The lowest BCUT2D eigenvalue weighted by Crippen LogP contribution is -2.33. The van der Waals surface area contributed by atoms with Gasteiger partial charge in [0.2, 0.25) is 5.88 Å². The van der Waals surface area contributed by atoms with Gasteiger partial charge in [0, 0.05) is 36.6 Å². The monoisotopic (exact) mass is 442 g/mol. The van der Waals surface area contributed by atoms with E-state index in [1.54, 1.807) is 18.3 Å². The van der Waals surface area contributed by atoms with Gasteiger partial charge in [0.1, 0.15) is 0 Å². The second-order valence-corrected chi connectivity index (χ2v) is 7.43. The first-order valence-corrected chi connectivity index (χ1v) is 10.1. The number of halogens is 3. The Bertz CT molecular complexity index is 1100. The van der Waals surface area contributed by atoms with Crippen molar-refractivity contribution >= 4 is 17.4 Å². The molecule has 1 aliphatic rings. The third-order valence-electron chi connectivity index (χ3n) is 5.19.